The molecule has 0 saturated carbocycles. The molecule has 90 valence electrons. The average Bonchev–Trinajstić information content (AvgIpc) is 2.66. The van der Waals surface area contributed by atoms with E-state index in [0.717, 1.165) is 19.0 Å². The van der Waals surface area contributed by atoms with Crippen LogP contribution in [-0.4, -0.2) is 44.3 Å². The number of methoxy groups -OCH3 is 1. The molecule has 2 N–H and O–H groups in total. The Morgan fingerprint density at radius 1 is 1.47 bits per heavy atom. The summed E-state index contributed by atoms with van der Waals surface area (Å²) in [7, 11) is 1.82. The topological polar surface area (TPSA) is 38.5 Å². The van der Waals surface area contributed by atoms with Crippen molar-refractivity contribution in [1.82, 2.24) is 4.90 Å². The Hall–Kier alpha value is -0.120. The molecule has 1 saturated heterocycles. The lowest BCUT2D eigenvalue weighted by Gasteiger charge is -2.16. The third-order valence-electron chi connectivity index (χ3n) is 3.39. The van der Waals surface area contributed by atoms with E-state index in [1.165, 1.54) is 38.8 Å². The molecule has 0 aromatic rings. The van der Waals surface area contributed by atoms with Crippen LogP contribution in [0.3, 0.4) is 0 Å². The van der Waals surface area contributed by atoms with Crippen molar-refractivity contribution >= 4 is 0 Å². The van der Waals surface area contributed by atoms with E-state index in [2.05, 4.69) is 11.8 Å². The number of hydrogen-bond donors (Lipinski definition) is 1. The first kappa shape index (κ1) is 12.9. The first-order valence-corrected chi connectivity index (χ1v) is 6.21. The zero-order valence-electron chi connectivity index (χ0n) is 10.2. The van der Waals surface area contributed by atoms with E-state index in [9.17, 15) is 0 Å². The summed E-state index contributed by atoms with van der Waals surface area (Å²) < 4.78 is 5.35. The van der Waals surface area contributed by atoms with Crippen molar-refractivity contribution < 1.29 is 4.74 Å². The molecule has 0 aliphatic carbocycles. The Labute approximate surface area is 94.0 Å². The van der Waals surface area contributed by atoms with Crippen LogP contribution in [0, 0.1) is 5.92 Å². The van der Waals surface area contributed by atoms with Gasteiger partial charge in [-0.1, -0.05) is 6.92 Å². The van der Waals surface area contributed by atoms with Crippen LogP contribution in [0.4, 0.5) is 0 Å². The summed E-state index contributed by atoms with van der Waals surface area (Å²) in [5.41, 5.74) is 5.53. The zero-order chi connectivity index (χ0) is 11.1. The van der Waals surface area contributed by atoms with E-state index in [-0.39, 0.29) is 0 Å². The molecule has 1 rings (SSSR count). The molecule has 0 amide bonds. The standard InChI is InChI=1S/C12H26N2O/c1-11(5-7-13)4-3-8-14-9-6-12(10-14)15-2/h11-12H,3-10,13H2,1-2H3. The highest BCUT2D eigenvalue weighted by Crippen LogP contribution is 2.14. The van der Waals surface area contributed by atoms with Crippen molar-refractivity contribution in [3.05, 3.63) is 0 Å². The number of likely N-dealkylation sites (tertiary alicyclic amines) is 1. The molecule has 2 atom stereocenters. The smallest absolute Gasteiger partial charge is 0.0710 e. The molecule has 1 aliphatic heterocycles. The molecule has 2 unspecified atom stereocenters. The highest BCUT2D eigenvalue weighted by Gasteiger charge is 2.21. The fraction of sp³-hybridized carbons (Fsp3) is 1.00. The van der Waals surface area contributed by atoms with Crippen molar-refractivity contribution in [3.8, 4) is 0 Å². The van der Waals surface area contributed by atoms with Gasteiger partial charge in [0, 0.05) is 20.2 Å². The monoisotopic (exact) mass is 214 g/mol. The lowest BCUT2D eigenvalue weighted by atomic mass is 10.0. The minimum Gasteiger partial charge on any atom is -0.380 e. The summed E-state index contributed by atoms with van der Waals surface area (Å²) >= 11 is 0. The summed E-state index contributed by atoms with van der Waals surface area (Å²) in [6.07, 6.45) is 5.46. The van der Waals surface area contributed by atoms with Gasteiger partial charge in [-0.15, -0.1) is 0 Å². The lowest BCUT2D eigenvalue weighted by Crippen LogP contribution is -2.24. The van der Waals surface area contributed by atoms with Crippen LogP contribution in [0.1, 0.15) is 32.6 Å². The van der Waals surface area contributed by atoms with E-state index in [0.29, 0.717) is 6.10 Å². The van der Waals surface area contributed by atoms with Crippen LogP contribution in [-0.2, 0) is 4.74 Å². The van der Waals surface area contributed by atoms with Gasteiger partial charge in [-0.3, -0.25) is 0 Å². The van der Waals surface area contributed by atoms with Crippen LogP contribution in [0.5, 0.6) is 0 Å². The third-order valence-corrected chi connectivity index (χ3v) is 3.39. The molecule has 3 heteroatoms. The second-order valence-corrected chi connectivity index (χ2v) is 4.77. The Balaban J connectivity index is 2.01. The second kappa shape index (κ2) is 7.20. The maximum Gasteiger partial charge on any atom is 0.0710 e. The Morgan fingerprint density at radius 2 is 2.27 bits per heavy atom. The van der Waals surface area contributed by atoms with Crippen LogP contribution < -0.4 is 5.73 Å². The quantitative estimate of drug-likeness (QED) is 0.697. The molecule has 0 aromatic carbocycles. The summed E-state index contributed by atoms with van der Waals surface area (Å²) in [4.78, 5) is 2.52. The van der Waals surface area contributed by atoms with Gasteiger partial charge in [-0.05, 0) is 44.7 Å². The van der Waals surface area contributed by atoms with Gasteiger partial charge in [0.15, 0.2) is 0 Å². The van der Waals surface area contributed by atoms with Gasteiger partial charge >= 0.3 is 0 Å². The van der Waals surface area contributed by atoms with Gasteiger partial charge in [0.05, 0.1) is 6.10 Å². The van der Waals surface area contributed by atoms with E-state index >= 15 is 0 Å². The van der Waals surface area contributed by atoms with Crippen molar-refractivity contribution in [3.63, 3.8) is 0 Å². The van der Waals surface area contributed by atoms with Crippen molar-refractivity contribution in [2.24, 2.45) is 11.7 Å². The predicted octanol–water partition coefficient (Wildman–Crippen LogP) is 1.47. The molecule has 3 nitrogen and oxygen atoms in total. The van der Waals surface area contributed by atoms with E-state index in [1.807, 2.05) is 7.11 Å². The van der Waals surface area contributed by atoms with Crippen LogP contribution in [0.2, 0.25) is 0 Å². The summed E-state index contributed by atoms with van der Waals surface area (Å²) in [6, 6.07) is 0. The van der Waals surface area contributed by atoms with E-state index in [1.54, 1.807) is 0 Å². The summed E-state index contributed by atoms with van der Waals surface area (Å²) in [5.74, 6) is 0.788. The minimum atomic E-state index is 0.478. The van der Waals surface area contributed by atoms with Gasteiger partial charge in [0.1, 0.15) is 0 Å². The molecule has 0 bridgehead atoms. The molecule has 1 fully saturated rings. The second-order valence-electron chi connectivity index (χ2n) is 4.77. The van der Waals surface area contributed by atoms with Crippen LogP contribution in [0.15, 0.2) is 0 Å². The van der Waals surface area contributed by atoms with Crippen LogP contribution >= 0.6 is 0 Å². The fourth-order valence-corrected chi connectivity index (χ4v) is 2.28. The number of nitrogens with zero attached hydrogens (tertiary/aromatic N) is 1. The Kier molecular flexibility index (Phi) is 6.22. The van der Waals surface area contributed by atoms with Crippen LogP contribution in [0.25, 0.3) is 0 Å². The first-order valence-electron chi connectivity index (χ1n) is 6.21. The predicted molar refractivity (Wildman–Crippen MR) is 63.9 cm³/mol. The van der Waals surface area contributed by atoms with Crippen molar-refractivity contribution in [2.45, 2.75) is 38.7 Å². The minimum absolute atomic E-state index is 0.478. The highest BCUT2D eigenvalue weighted by atomic mass is 16.5. The number of nitrogens with two attached hydrogens (primary N) is 1. The van der Waals surface area contributed by atoms with Gasteiger partial charge < -0.3 is 15.4 Å². The summed E-state index contributed by atoms with van der Waals surface area (Å²) in [5, 5.41) is 0. The molecular formula is C12H26N2O. The fourth-order valence-electron chi connectivity index (χ4n) is 2.28. The Morgan fingerprint density at radius 3 is 2.87 bits per heavy atom. The van der Waals surface area contributed by atoms with Gasteiger partial charge in [0.25, 0.3) is 0 Å². The molecule has 0 radical (unpaired) electrons. The van der Waals surface area contributed by atoms with Gasteiger partial charge in [-0.2, -0.15) is 0 Å². The molecule has 15 heavy (non-hydrogen) atoms. The number of rotatable bonds is 7. The van der Waals surface area contributed by atoms with Crippen molar-refractivity contribution in [2.75, 3.05) is 33.3 Å². The maximum atomic E-state index is 5.53. The molecule has 1 heterocycles. The first-order chi connectivity index (χ1) is 7.26. The average molecular weight is 214 g/mol. The largest absolute Gasteiger partial charge is 0.380 e. The van der Waals surface area contributed by atoms with Crippen molar-refractivity contribution in [1.29, 1.82) is 0 Å². The van der Waals surface area contributed by atoms with E-state index in [4.69, 9.17) is 10.5 Å². The third kappa shape index (κ3) is 4.96. The van der Waals surface area contributed by atoms with Gasteiger partial charge in [-0.25, -0.2) is 0 Å². The lowest BCUT2D eigenvalue weighted by molar-refractivity contribution is 0.108. The van der Waals surface area contributed by atoms with E-state index < -0.39 is 0 Å². The molecule has 0 spiro atoms. The highest BCUT2D eigenvalue weighted by molar-refractivity contribution is 4.75. The zero-order valence-corrected chi connectivity index (χ0v) is 10.2. The summed E-state index contributed by atoms with van der Waals surface area (Å²) in [6.45, 7) is 6.70. The number of ether oxygens (including phenoxy) is 1. The number of hydrogen-bond acceptors (Lipinski definition) is 3. The molecular weight excluding hydrogens is 188 g/mol. The Bertz CT molecular complexity index is 164. The molecule has 1 aliphatic rings. The van der Waals surface area contributed by atoms with Gasteiger partial charge in [0.2, 0.25) is 0 Å². The normalized spacial score (nSPS) is 24.6. The molecule has 0 aromatic heterocycles. The maximum absolute atomic E-state index is 5.53. The SMILES string of the molecule is COC1CCN(CCCC(C)CCN)C1.